The minimum atomic E-state index is -0.401. The van der Waals surface area contributed by atoms with Crippen molar-refractivity contribution in [2.75, 3.05) is 7.11 Å². The molecule has 2 aromatic rings. The predicted octanol–water partition coefficient (Wildman–Crippen LogP) is 4.45. The quantitative estimate of drug-likeness (QED) is 0.903. The Hall–Kier alpha value is -0.810. The van der Waals surface area contributed by atoms with Gasteiger partial charge in [0.25, 0.3) is 0 Å². The van der Waals surface area contributed by atoms with Crippen LogP contribution in [0.1, 0.15) is 17.2 Å². The molecule has 0 amide bonds. The number of thiophene rings is 1. The van der Waals surface area contributed by atoms with E-state index in [1.807, 2.05) is 0 Å². The fourth-order valence-electron chi connectivity index (χ4n) is 1.81. The molecule has 2 rings (SSSR count). The summed E-state index contributed by atoms with van der Waals surface area (Å²) in [6.45, 7) is 0. The van der Waals surface area contributed by atoms with Gasteiger partial charge in [0.2, 0.25) is 0 Å². The first-order valence-electron chi connectivity index (χ1n) is 5.54. The highest BCUT2D eigenvalue weighted by atomic mass is 35.5. The summed E-state index contributed by atoms with van der Waals surface area (Å²) >= 11 is 13.2. The Morgan fingerprint density at radius 1 is 1.37 bits per heavy atom. The van der Waals surface area contributed by atoms with E-state index in [0.717, 1.165) is 11.1 Å². The molecular formula is C13H12Cl2FNOS. The molecule has 0 spiro atoms. The normalized spacial score (nSPS) is 12.5. The van der Waals surface area contributed by atoms with Gasteiger partial charge >= 0.3 is 0 Å². The molecule has 0 aliphatic carbocycles. The number of rotatable bonds is 4. The van der Waals surface area contributed by atoms with E-state index in [1.165, 1.54) is 24.5 Å². The van der Waals surface area contributed by atoms with Crippen LogP contribution in [0.25, 0.3) is 0 Å². The Bertz CT molecular complexity index is 588. The van der Waals surface area contributed by atoms with Gasteiger partial charge in [-0.3, -0.25) is 0 Å². The Morgan fingerprint density at radius 3 is 2.63 bits per heavy atom. The zero-order valence-corrected chi connectivity index (χ0v) is 12.4. The van der Waals surface area contributed by atoms with E-state index in [1.54, 1.807) is 18.2 Å². The van der Waals surface area contributed by atoms with Crippen LogP contribution in [0, 0.1) is 5.82 Å². The van der Waals surface area contributed by atoms with Crippen molar-refractivity contribution >= 4 is 34.5 Å². The van der Waals surface area contributed by atoms with Gasteiger partial charge in [0, 0.05) is 11.6 Å². The summed E-state index contributed by atoms with van der Waals surface area (Å²) in [5.41, 5.74) is 7.64. The second-order valence-electron chi connectivity index (χ2n) is 4.06. The molecule has 6 heteroatoms. The van der Waals surface area contributed by atoms with Crippen molar-refractivity contribution in [3.63, 3.8) is 0 Å². The lowest BCUT2D eigenvalue weighted by atomic mass is 10.0. The largest absolute Gasteiger partial charge is 0.494 e. The number of halogens is 3. The first-order valence-corrected chi connectivity index (χ1v) is 7.11. The van der Waals surface area contributed by atoms with Crippen molar-refractivity contribution in [1.82, 2.24) is 0 Å². The molecule has 0 bridgehead atoms. The maximum atomic E-state index is 13.6. The molecule has 0 aliphatic rings. The number of hydrogen-bond donors (Lipinski definition) is 1. The van der Waals surface area contributed by atoms with Crippen LogP contribution in [-0.4, -0.2) is 7.11 Å². The Labute approximate surface area is 124 Å². The fraction of sp³-hybridized carbons (Fsp3) is 0.231. The van der Waals surface area contributed by atoms with Crippen molar-refractivity contribution in [2.45, 2.75) is 12.5 Å². The maximum Gasteiger partial charge on any atom is 0.165 e. The topological polar surface area (TPSA) is 35.2 Å². The lowest BCUT2D eigenvalue weighted by Gasteiger charge is -2.11. The van der Waals surface area contributed by atoms with Crippen LogP contribution in [-0.2, 0) is 6.42 Å². The second-order valence-corrected chi connectivity index (χ2v) is 6.34. The third kappa shape index (κ3) is 3.39. The summed E-state index contributed by atoms with van der Waals surface area (Å²) < 4.78 is 19.6. The minimum absolute atomic E-state index is 0.217. The third-order valence-electron chi connectivity index (χ3n) is 2.75. The highest BCUT2D eigenvalue weighted by Crippen LogP contribution is 2.35. The van der Waals surface area contributed by atoms with Crippen molar-refractivity contribution < 1.29 is 9.13 Å². The summed E-state index contributed by atoms with van der Waals surface area (Å²) in [6, 6.07) is 6.21. The molecule has 1 heterocycles. The van der Waals surface area contributed by atoms with Gasteiger partial charge < -0.3 is 10.5 Å². The summed E-state index contributed by atoms with van der Waals surface area (Å²) in [7, 11) is 1.43. The van der Waals surface area contributed by atoms with Gasteiger partial charge in [-0.25, -0.2) is 4.39 Å². The van der Waals surface area contributed by atoms with E-state index in [4.69, 9.17) is 33.7 Å². The van der Waals surface area contributed by atoms with E-state index < -0.39 is 5.82 Å². The number of hydrogen-bond acceptors (Lipinski definition) is 3. The summed E-state index contributed by atoms with van der Waals surface area (Å²) in [5.74, 6) is -0.185. The molecular weight excluding hydrogens is 308 g/mol. The zero-order chi connectivity index (χ0) is 14.0. The molecule has 1 unspecified atom stereocenters. The van der Waals surface area contributed by atoms with Gasteiger partial charge in [-0.05, 0) is 30.2 Å². The number of nitrogens with two attached hydrogens (primary N) is 1. The molecule has 0 fully saturated rings. The van der Waals surface area contributed by atoms with Crippen LogP contribution < -0.4 is 10.5 Å². The summed E-state index contributed by atoms with van der Waals surface area (Å²) in [4.78, 5) is 0. The lowest BCUT2D eigenvalue weighted by molar-refractivity contribution is 0.386. The van der Waals surface area contributed by atoms with E-state index in [-0.39, 0.29) is 11.8 Å². The second kappa shape index (κ2) is 6.09. The van der Waals surface area contributed by atoms with Gasteiger partial charge in [-0.2, -0.15) is 0 Å². The molecule has 2 nitrogen and oxygen atoms in total. The van der Waals surface area contributed by atoms with E-state index in [9.17, 15) is 4.39 Å². The predicted molar refractivity (Wildman–Crippen MR) is 77.9 cm³/mol. The van der Waals surface area contributed by atoms with E-state index in [0.29, 0.717) is 15.1 Å². The molecule has 2 N–H and O–H groups in total. The fourth-order valence-corrected chi connectivity index (χ4v) is 3.40. The molecule has 0 aliphatic heterocycles. The van der Waals surface area contributed by atoms with Crippen LogP contribution in [0.3, 0.4) is 0 Å². The maximum absolute atomic E-state index is 13.6. The van der Waals surface area contributed by atoms with Crippen molar-refractivity contribution in [2.24, 2.45) is 5.73 Å². The highest BCUT2D eigenvalue weighted by Gasteiger charge is 2.15. The zero-order valence-electron chi connectivity index (χ0n) is 10.1. The lowest BCUT2D eigenvalue weighted by Crippen LogP contribution is -2.13. The van der Waals surface area contributed by atoms with Gasteiger partial charge in [0.05, 0.1) is 15.8 Å². The van der Waals surface area contributed by atoms with Crippen LogP contribution >= 0.6 is 34.5 Å². The molecule has 102 valence electrons. The first-order chi connectivity index (χ1) is 9.01. The summed E-state index contributed by atoms with van der Waals surface area (Å²) in [5, 5.41) is 0. The standard InChI is InChI=1S/C13H12Cl2FNOS/c1-18-11-3-2-7(4-9(11)16)5-10(17)8-6-12(14)19-13(8)15/h2-4,6,10H,5,17H2,1H3. The molecule has 0 radical (unpaired) electrons. The van der Waals surface area contributed by atoms with Crippen LogP contribution in [0.2, 0.25) is 8.67 Å². The molecule has 0 saturated heterocycles. The van der Waals surface area contributed by atoms with Crippen molar-refractivity contribution in [3.05, 3.63) is 49.9 Å². The van der Waals surface area contributed by atoms with Gasteiger partial charge in [0.1, 0.15) is 0 Å². The molecule has 0 saturated carbocycles. The molecule has 1 atom stereocenters. The number of methoxy groups -OCH3 is 1. The first kappa shape index (κ1) is 14.6. The Balaban J connectivity index is 2.17. The van der Waals surface area contributed by atoms with Gasteiger partial charge in [-0.1, -0.05) is 29.3 Å². The van der Waals surface area contributed by atoms with Crippen LogP contribution in [0.5, 0.6) is 5.75 Å². The smallest absolute Gasteiger partial charge is 0.165 e. The average molecular weight is 320 g/mol. The molecule has 19 heavy (non-hydrogen) atoms. The van der Waals surface area contributed by atoms with E-state index in [2.05, 4.69) is 0 Å². The minimum Gasteiger partial charge on any atom is -0.494 e. The number of ether oxygens (including phenoxy) is 1. The molecule has 1 aromatic heterocycles. The van der Waals surface area contributed by atoms with Crippen LogP contribution in [0.4, 0.5) is 4.39 Å². The monoisotopic (exact) mass is 319 g/mol. The van der Waals surface area contributed by atoms with Gasteiger partial charge in [0.15, 0.2) is 11.6 Å². The van der Waals surface area contributed by atoms with E-state index >= 15 is 0 Å². The Kier molecular flexibility index (Phi) is 4.68. The average Bonchev–Trinajstić information content (AvgIpc) is 2.69. The SMILES string of the molecule is COc1ccc(CC(N)c2cc(Cl)sc2Cl)cc1F. The van der Waals surface area contributed by atoms with Crippen LogP contribution in [0.15, 0.2) is 24.3 Å². The van der Waals surface area contributed by atoms with Gasteiger partial charge in [-0.15, -0.1) is 11.3 Å². The van der Waals surface area contributed by atoms with Crippen molar-refractivity contribution in [3.8, 4) is 5.75 Å². The third-order valence-corrected chi connectivity index (χ3v) is 4.27. The van der Waals surface area contributed by atoms with Crippen molar-refractivity contribution in [1.29, 1.82) is 0 Å². The molecule has 1 aromatic carbocycles. The highest BCUT2D eigenvalue weighted by molar-refractivity contribution is 7.20. The Morgan fingerprint density at radius 2 is 2.11 bits per heavy atom. The summed E-state index contributed by atoms with van der Waals surface area (Å²) in [6.07, 6.45) is 0.480. The number of benzene rings is 1.